The van der Waals surface area contributed by atoms with Gasteiger partial charge in [-0.25, -0.2) is 4.98 Å². The monoisotopic (exact) mass is 506 g/mol. The molecule has 1 atom stereocenters. The quantitative estimate of drug-likeness (QED) is 0.287. The summed E-state index contributed by atoms with van der Waals surface area (Å²) in [6.45, 7) is 5.34. The van der Waals surface area contributed by atoms with Crippen LogP contribution in [-0.4, -0.2) is 42.4 Å². The number of aromatic nitrogens is 2. The number of thioether (sulfide) groups is 1. The summed E-state index contributed by atoms with van der Waals surface area (Å²) in [7, 11) is 0. The topological polar surface area (TPSA) is 48.6 Å². The second-order valence-electron chi connectivity index (χ2n) is 8.79. The molecule has 0 saturated carbocycles. The number of rotatable bonds is 8. The Kier molecular flexibility index (Phi) is 7.84. The maximum Gasteiger partial charge on any atom is 0.262 e. The maximum atomic E-state index is 13.6. The number of hydrogen-bond donors (Lipinski definition) is 1. The van der Waals surface area contributed by atoms with Crippen LogP contribution in [0.4, 0.5) is 0 Å². The summed E-state index contributed by atoms with van der Waals surface area (Å²) >= 11 is 7.81. The maximum absolute atomic E-state index is 13.6. The molecule has 1 aromatic heterocycles. The SMILES string of the molecule is O=c1c2ccccc2nc(S[C@@H](c2ccccc2)c2ccc(Cl)cc2)n1CCC[NH+]1CCOCC1. The van der Waals surface area contributed by atoms with Crippen LogP contribution in [0, 0.1) is 0 Å². The lowest BCUT2D eigenvalue weighted by molar-refractivity contribution is -0.908. The van der Waals surface area contributed by atoms with E-state index in [-0.39, 0.29) is 10.8 Å². The first-order valence-electron chi connectivity index (χ1n) is 12.1. The van der Waals surface area contributed by atoms with Gasteiger partial charge in [0.05, 0.1) is 35.9 Å². The van der Waals surface area contributed by atoms with Crippen molar-refractivity contribution in [2.75, 3.05) is 32.8 Å². The van der Waals surface area contributed by atoms with Crippen molar-refractivity contribution < 1.29 is 9.64 Å². The number of nitrogens with zero attached hydrogens (tertiary/aromatic N) is 2. The first-order chi connectivity index (χ1) is 17.2. The average molecular weight is 507 g/mol. The van der Waals surface area contributed by atoms with Gasteiger partial charge in [-0.1, -0.05) is 78.0 Å². The van der Waals surface area contributed by atoms with Crippen molar-refractivity contribution >= 4 is 34.3 Å². The highest BCUT2D eigenvalue weighted by Crippen LogP contribution is 2.40. The molecular weight excluding hydrogens is 478 g/mol. The number of hydrogen-bond acceptors (Lipinski definition) is 4. The van der Waals surface area contributed by atoms with Gasteiger partial charge in [0.15, 0.2) is 5.16 Å². The van der Waals surface area contributed by atoms with Crippen molar-refractivity contribution in [2.45, 2.75) is 23.4 Å². The van der Waals surface area contributed by atoms with E-state index in [9.17, 15) is 4.79 Å². The predicted molar refractivity (Wildman–Crippen MR) is 143 cm³/mol. The number of nitrogens with one attached hydrogen (secondary N) is 1. The molecule has 2 heterocycles. The fraction of sp³-hybridized carbons (Fsp3) is 0.286. The van der Waals surface area contributed by atoms with Crippen LogP contribution in [0.25, 0.3) is 10.9 Å². The van der Waals surface area contributed by atoms with E-state index in [0.29, 0.717) is 17.0 Å². The Morgan fingerprint density at radius 1 is 0.943 bits per heavy atom. The Morgan fingerprint density at radius 2 is 1.63 bits per heavy atom. The highest BCUT2D eigenvalue weighted by atomic mass is 35.5. The Balaban J connectivity index is 1.50. The Hall–Kier alpha value is -2.64. The van der Waals surface area contributed by atoms with E-state index < -0.39 is 0 Å². The van der Waals surface area contributed by atoms with Gasteiger partial charge in [-0.3, -0.25) is 9.36 Å². The summed E-state index contributed by atoms with van der Waals surface area (Å²) in [6, 6.07) is 25.9. The van der Waals surface area contributed by atoms with Crippen LogP contribution in [0.15, 0.2) is 88.8 Å². The Morgan fingerprint density at radius 3 is 2.40 bits per heavy atom. The number of para-hydroxylation sites is 1. The van der Waals surface area contributed by atoms with Crippen LogP contribution >= 0.6 is 23.4 Å². The minimum absolute atomic E-state index is 0.0161. The summed E-state index contributed by atoms with van der Waals surface area (Å²) in [5, 5.41) is 2.10. The predicted octanol–water partition coefficient (Wildman–Crippen LogP) is 4.24. The molecule has 1 saturated heterocycles. The third-order valence-electron chi connectivity index (χ3n) is 6.44. The van der Waals surface area contributed by atoms with E-state index in [4.69, 9.17) is 21.3 Å². The third-order valence-corrected chi connectivity index (χ3v) is 7.99. The summed E-state index contributed by atoms with van der Waals surface area (Å²) < 4.78 is 7.36. The van der Waals surface area contributed by atoms with Crippen molar-refractivity contribution in [3.63, 3.8) is 0 Å². The molecule has 4 aromatic rings. The van der Waals surface area contributed by atoms with Gasteiger partial charge in [-0.15, -0.1) is 0 Å². The fourth-order valence-corrected chi connectivity index (χ4v) is 5.91. The molecule has 0 bridgehead atoms. The van der Waals surface area contributed by atoms with Crippen molar-refractivity contribution in [1.29, 1.82) is 0 Å². The summed E-state index contributed by atoms with van der Waals surface area (Å²) in [5.41, 5.74) is 3.04. The molecule has 5 rings (SSSR count). The molecule has 1 aliphatic rings. The molecule has 0 radical (unpaired) electrons. The number of quaternary nitrogens is 1. The van der Waals surface area contributed by atoms with Crippen LogP contribution in [0.2, 0.25) is 5.02 Å². The molecule has 1 aliphatic heterocycles. The Bertz CT molecular complexity index is 1320. The van der Waals surface area contributed by atoms with Gasteiger partial charge in [0.1, 0.15) is 13.1 Å². The molecular formula is C28H29ClN3O2S+. The van der Waals surface area contributed by atoms with Gasteiger partial charge in [0.2, 0.25) is 0 Å². The normalized spacial score (nSPS) is 15.3. The molecule has 1 N–H and O–H groups in total. The van der Waals surface area contributed by atoms with E-state index in [1.807, 2.05) is 59.2 Å². The van der Waals surface area contributed by atoms with Crippen molar-refractivity contribution in [3.05, 3.63) is 105 Å². The average Bonchev–Trinajstić information content (AvgIpc) is 2.90. The molecule has 0 aliphatic carbocycles. The number of benzene rings is 3. The number of halogens is 1. The van der Waals surface area contributed by atoms with Gasteiger partial charge in [0.25, 0.3) is 5.56 Å². The minimum Gasteiger partial charge on any atom is -0.370 e. The second-order valence-corrected chi connectivity index (χ2v) is 10.3. The lowest BCUT2D eigenvalue weighted by Gasteiger charge is -2.24. The van der Waals surface area contributed by atoms with Gasteiger partial charge < -0.3 is 9.64 Å². The Labute approximate surface area is 214 Å². The molecule has 0 unspecified atom stereocenters. The number of morpholine rings is 1. The fourth-order valence-electron chi connectivity index (χ4n) is 4.53. The summed E-state index contributed by atoms with van der Waals surface area (Å²) in [5.74, 6) is 0. The van der Waals surface area contributed by atoms with Crippen LogP contribution < -0.4 is 10.5 Å². The van der Waals surface area contributed by atoms with Crippen LogP contribution in [-0.2, 0) is 11.3 Å². The van der Waals surface area contributed by atoms with Crippen molar-refractivity contribution in [3.8, 4) is 0 Å². The number of fused-ring (bicyclic) bond motifs is 1. The molecule has 7 heteroatoms. The van der Waals surface area contributed by atoms with Gasteiger partial charge >= 0.3 is 0 Å². The lowest BCUT2D eigenvalue weighted by Crippen LogP contribution is -3.14. The zero-order valence-electron chi connectivity index (χ0n) is 19.5. The third kappa shape index (κ3) is 5.78. The lowest BCUT2D eigenvalue weighted by atomic mass is 10.0. The standard InChI is InChI=1S/C28H28ClN3O2S/c29-23-13-11-22(12-14-23)26(21-7-2-1-3-8-21)35-28-30-25-10-5-4-9-24(25)27(33)32(28)16-6-15-31-17-19-34-20-18-31/h1-5,7-14,26H,6,15-20H2/p+1/t26-/m0/s1. The van der Waals surface area contributed by atoms with E-state index in [1.165, 1.54) is 4.90 Å². The smallest absolute Gasteiger partial charge is 0.262 e. The van der Waals surface area contributed by atoms with Crippen molar-refractivity contribution in [1.82, 2.24) is 9.55 Å². The van der Waals surface area contributed by atoms with E-state index >= 15 is 0 Å². The molecule has 5 nitrogen and oxygen atoms in total. The molecule has 1 fully saturated rings. The van der Waals surface area contributed by atoms with Crippen LogP contribution in [0.5, 0.6) is 0 Å². The summed E-state index contributed by atoms with van der Waals surface area (Å²) in [4.78, 5) is 20.1. The number of ether oxygens (including phenoxy) is 1. The molecule has 3 aromatic carbocycles. The second kappa shape index (κ2) is 11.4. The first-order valence-corrected chi connectivity index (χ1v) is 13.3. The van der Waals surface area contributed by atoms with Gasteiger partial charge in [0, 0.05) is 18.0 Å². The highest BCUT2D eigenvalue weighted by molar-refractivity contribution is 7.99. The van der Waals surface area contributed by atoms with E-state index in [0.717, 1.165) is 61.1 Å². The van der Waals surface area contributed by atoms with Crippen LogP contribution in [0.1, 0.15) is 22.8 Å². The van der Waals surface area contributed by atoms with E-state index in [1.54, 1.807) is 11.8 Å². The summed E-state index contributed by atoms with van der Waals surface area (Å²) in [6.07, 6.45) is 0.916. The van der Waals surface area contributed by atoms with Gasteiger partial charge in [-0.2, -0.15) is 0 Å². The molecule has 0 amide bonds. The minimum atomic E-state index is -0.0161. The molecule has 0 spiro atoms. The van der Waals surface area contributed by atoms with Crippen molar-refractivity contribution in [2.24, 2.45) is 0 Å². The van der Waals surface area contributed by atoms with E-state index in [2.05, 4.69) is 24.3 Å². The largest absolute Gasteiger partial charge is 0.370 e. The zero-order valence-corrected chi connectivity index (χ0v) is 21.1. The molecule has 35 heavy (non-hydrogen) atoms. The molecule has 180 valence electrons. The first kappa shape index (κ1) is 24.1. The van der Waals surface area contributed by atoms with Crippen LogP contribution in [0.3, 0.4) is 0 Å². The zero-order chi connectivity index (χ0) is 24.0. The highest BCUT2D eigenvalue weighted by Gasteiger charge is 2.21. The van der Waals surface area contributed by atoms with Gasteiger partial charge in [-0.05, 0) is 35.4 Å².